The van der Waals surface area contributed by atoms with E-state index in [0.29, 0.717) is 47.5 Å². The predicted octanol–water partition coefficient (Wildman–Crippen LogP) is 3.06. The summed E-state index contributed by atoms with van der Waals surface area (Å²) < 4.78 is 13.8. The predicted molar refractivity (Wildman–Crippen MR) is 146 cm³/mol. The van der Waals surface area contributed by atoms with Crippen molar-refractivity contribution in [1.82, 2.24) is 4.98 Å². The van der Waals surface area contributed by atoms with Gasteiger partial charge in [0.1, 0.15) is 0 Å². The lowest BCUT2D eigenvalue weighted by Gasteiger charge is -2.37. The summed E-state index contributed by atoms with van der Waals surface area (Å²) in [5.41, 5.74) is 1.64. The van der Waals surface area contributed by atoms with Crippen molar-refractivity contribution in [2.24, 2.45) is 11.3 Å². The summed E-state index contributed by atoms with van der Waals surface area (Å²) >= 11 is 1.37. The molecule has 0 radical (unpaired) electrons. The van der Waals surface area contributed by atoms with Gasteiger partial charge in [0.15, 0.2) is 16.6 Å². The van der Waals surface area contributed by atoms with Crippen LogP contribution >= 0.6 is 11.3 Å². The molecular formula is C29H35N3O5S. The number of rotatable bonds is 8. The molecule has 1 aliphatic carbocycles. The Labute approximate surface area is 227 Å². The molecule has 1 amide bonds. The van der Waals surface area contributed by atoms with Crippen molar-refractivity contribution in [3.63, 3.8) is 0 Å². The fraction of sp³-hybridized carbons (Fsp3) is 0.483. The van der Waals surface area contributed by atoms with E-state index in [1.807, 2.05) is 36.4 Å². The zero-order chi connectivity index (χ0) is 27.1. The first-order valence-corrected chi connectivity index (χ1v) is 13.9. The maximum absolute atomic E-state index is 13.8. The van der Waals surface area contributed by atoms with E-state index >= 15 is 0 Å². The number of nitrogens with zero attached hydrogens (tertiary/aromatic N) is 3. The average molecular weight is 538 g/mol. The monoisotopic (exact) mass is 537 g/mol. The van der Waals surface area contributed by atoms with Crippen LogP contribution in [-0.2, 0) is 22.4 Å². The lowest BCUT2D eigenvalue weighted by molar-refractivity contribution is -0.896. The second-order valence-corrected chi connectivity index (χ2v) is 12.4. The van der Waals surface area contributed by atoms with Crippen molar-refractivity contribution in [1.29, 1.82) is 0 Å². The van der Waals surface area contributed by atoms with E-state index in [0.717, 1.165) is 46.2 Å². The van der Waals surface area contributed by atoms with Gasteiger partial charge in [0.05, 0.1) is 56.5 Å². The SMILES string of the molecule is COc1cc2sc(N(C)C(=O)C3(CC(=O)[O-])Cc4ccccc4C3)nc2cc1OCC1CC[N+](C)(C)CC1. The van der Waals surface area contributed by atoms with E-state index in [1.165, 1.54) is 16.2 Å². The Morgan fingerprint density at radius 1 is 1.13 bits per heavy atom. The molecule has 2 heterocycles. The molecule has 38 heavy (non-hydrogen) atoms. The van der Waals surface area contributed by atoms with Crippen LogP contribution in [0.2, 0.25) is 0 Å². The molecule has 0 spiro atoms. The first kappa shape index (κ1) is 26.4. The molecule has 0 saturated carbocycles. The normalized spacial score (nSPS) is 18.2. The zero-order valence-corrected chi connectivity index (χ0v) is 23.3. The number of carbonyl (C=O) groups excluding carboxylic acids is 2. The smallest absolute Gasteiger partial charge is 0.235 e. The molecule has 9 heteroatoms. The summed E-state index contributed by atoms with van der Waals surface area (Å²) in [7, 11) is 7.81. The highest BCUT2D eigenvalue weighted by Crippen LogP contribution is 2.43. The van der Waals surface area contributed by atoms with Gasteiger partial charge in [-0.2, -0.15) is 0 Å². The number of ether oxygens (including phenoxy) is 2. The number of aliphatic carboxylic acids is 1. The summed E-state index contributed by atoms with van der Waals surface area (Å²) in [4.78, 5) is 31.8. The molecule has 1 aliphatic heterocycles. The Morgan fingerprint density at radius 2 is 1.79 bits per heavy atom. The van der Waals surface area contributed by atoms with Crippen molar-refractivity contribution >= 4 is 38.6 Å². The van der Waals surface area contributed by atoms with E-state index in [-0.39, 0.29) is 12.3 Å². The van der Waals surface area contributed by atoms with Crippen molar-refractivity contribution in [3.8, 4) is 11.5 Å². The molecule has 2 aromatic carbocycles. The third kappa shape index (κ3) is 5.22. The van der Waals surface area contributed by atoms with E-state index in [9.17, 15) is 14.7 Å². The summed E-state index contributed by atoms with van der Waals surface area (Å²) in [6.07, 6.45) is 2.66. The molecule has 5 rings (SSSR count). The number of hydrogen-bond acceptors (Lipinski definition) is 7. The number of fused-ring (bicyclic) bond motifs is 2. The summed E-state index contributed by atoms with van der Waals surface area (Å²) in [5.74, 6) is 0.291. The van der Waals surface area contributed by atoms with Gasteiger partial charge in [-0.05, 0) is 24.0 Å². The molecule has 0 bridgehead atoms. The topological polar surface area (TPSA) is 91.8 Å². The van der Waals surface area contributed by atoms with Crippen LogP contribution in [0.1, 0.15) is 30.4 Å². The van der Waals surface area contributed by atoms with Crippen LogP contribution in [0.15, 0.2) is 36.4 Å². The second-order valence-electron chi connectivity index (χ2n) is 11.4. The quantitative estimate of drug-likeness (QED) is 0.410. The number of benzene rings is 2. The Hall–Kier alpha value is -3.17. The molecular weight excluding hydrogens is 502 g/mol. The number of piperidine rings is 1. The average Bonchev–Trinajstić information content (AvgIpc) is 3.47. The summed E-state index contributed by atoms with van der Waals surface area (Å²) in [6.45, 7) is 2.92. The molecule has 3 aromatic rings. The molecule has 0 N–H and O–H groups in total. The minimum atomic E-state index is -1.23. The van der Waals surface area contributed by atoms with Gasteiger partial charge in [0, 0.05) is 50.3 Å². The van der Waals surface area contributed by atoms with Gasteiger partial charge in [-0.25, -0.2) is 4.98 Å². The number of carbonyl (C=O) groups is 2. The van der Waals surface area contributed by atoms with Gasteiger partial charge < -0.3 is 23.9 Å². The number of carboxylic acids is 1. The summed E-state index contributed by atoms with van der Waals surface area (Å²) in [5, 5.41) is 12.2. The molecule has 2 aliphatic rings. The highest BCUT2D eigenvalue weighted by Gasteiger charge is 2.46. The number of hydrogen-bond donors (Lipinski definition) is 0. The first-order chi connectivity index (χ1) is 18.1. The number of methoxy groups -OCH3 is 1. The molecule has 0 unspecified atom stereocenters. The van der Waals surface area contributed by atoms with Crippen LogP contribution in [0.3, 0.4) is 0 Å². The molecule has 1 fully saturated rings. The number of likely N-dealkylation sites (tertiary alicyclic amines) is 1. The van der Waals surface area contributed by atoms with Gasteiger partial charge in [-0.15, -0.1) is 0 Å². The van der Waals surface area contributed by atoms with Gasteiger partial charge in [-0.1, -0.05) is 35.6 Å². The molecule has 1 aromatic heterocycles. The zero-order valence-electron chi connectivity index (χ0n) is 22.5. The highest BCUT2D eigenvalue weighted by molar-refractivity contribution is 7.22. The van der Waals surface area contributed by atoms with Crippen molar-refractivity contribution in [3.05, 3.63) is 47.5 Å². The maximum atomic E-state index is 13.8. The van der Waals surface area contributed by atoms with Crippen molar-refractivity contribution < 1.29 is 28.7 Å². The summed E-state index contributed by atoms with van der Waals surface area (Å²) in [6, 6.07) is 11.5. The van der Waals surface area contributed by atoms with Crippen molar-refractivity contribution in [2.75, 3.05) is 52.8 Å². The minimum absolute atomic E-state index is 0.265. The third-order valence-corrected chi connectivity index (χ3v) is 9.22. The van der Waals surface area contributed by atoms with Gasteiger partial charge in [-0.3, -0.25) is 9.69 Å². The second kappa shape index (κ2) is 10.2. The van der Waals surface area contributed by atoms with Crippen LogP contribution in [-0.4, -0.2) is 69.3 Å². The number of amides is 1. The van der Waals surface area contributed by atoms with Crippen LogP contribution in [0.4, 0.5) is 5.13 Å². The van der Waals surface area contributed by atoms with Crippen LogP contribution in [0, 0.1) is 11.3 Å². The largest absolute Gasteiger partial charge is 0.550 e. The van der Waals surface area contributed by atoms with E-state index in [4.69, 9.17) is 14.5 Å². The first-order valence-electron chi connectivity index (χ1n) is 13.1. The number of carboxylic acid groups (broad SMARTS) is 1. The minimum Gasteiger partial charge on any atom is -0.550 e. The fourth-order valence-corrected chi connectivity index (χ4v) is 6.73. The van der Waals surface area contributed by atoms with Gasteiger partial charge in [0.2, 0.25) is 5.91 Å². The molecule has 1 saturated heterocycles. The Kier molecular flexibility index (Phi) is 7.09. The number of quaternary nitrogens is 1. The number of aromatic nitrogens is 1. The van der Waals surface area contributed by atoms with E-state index in [1.54, 1.807) is 14.2 Å². The lowest BCUT2D eigenvalue weighted by atomic mass is 9.80. The third-order valence-electron chi connectivity index (χ3n) is 8.13. The number of anilines is 1. The molecule has 8 nitrogen and oxygen atoms in total. The van der Waals surface area contributed by atoms with E-state index in [2.05, 4.69) is 14.1 Å². The van der Waals surface area contributed by atoms with E-state index < -0.39 is 11.4 Å². The van der Waals surface area contributed by atoms with Crippen LogP contribution < -0.4 is 19.5 Å². The van der Waals surface area contributed by atoms with Crippen LogP contribution in [0.25, 0.3) is 10.2 Å². The molecule has 0 atom stereocenters. The highest BCUT2D eigenvalue weighted by atomic mass is 32.1. The molecule has 202 valence electrons. The Bertz CT molecular complexity index is 1330. The Morgan fingerprint density at radius 3 is 2.39 bits per heavy atom. The standard InChI is InChI=1S/C29H35N3O5S/c1-31(27(35)29(17-26(33)34)15-20-7-5-6-8-21(20)16-29)28-30-22-13-24(23(36-4)14-25(22)38-28)37-18-19-9-11-32(2,3)12-10-19/h5-8,13-14,19H,9-12,15-18H2,1-4H3. The van der Waals surface area contributed by atoms with Crippen LogP contribution in [0.5, 0.6) is 11.5 Å². The maximum Gasteiger partial charge on any atom is 0.235 e. The van der Waals surface area contributed by atoms with Crippen molar-refractivity contribution in [2.45, 2.75) is 32.1 Å². The fourth-order valence-electron chi connectivity index (χ4n) is 5.80. The number of thiazole rings is 1. The lowest BCUT2D eigenvalue weighted by Crippen LogP contribution is -2.46. The van der Waals surface area contributed by atoms with Gasteiger partial charge >= 0.3 is 0 Å². The van der Waals surface area contributed by atoms with Gasteiger partial charge in [0.25, 0.3) is 0 Å². The Balaban J connectivity index is 1.36.